The van der Waals surface area contributed by atoms with E-state index in [1.165, 1.54) is 7.11 Å². The Kier molecular flexibility index (Phi) is 5.89. The SMILES string of the molecule is COC(=O)CCOc1ccc(NC(=O)C2CSCN2)cc1. The molecule has 1 unspecified atom stereocenters. The van der Waals surface area contributed by atoms with Crippen molar-refractivity contribution >= 4 is 29.3 Å². The highest BCUT2D eigenvalue weighted by Gasteiger charge is 2.22. The van der Waals surface area contributed by atoms with Crippen LogP contribution in [0.15, 0.2) is 24.3 Å². The van der Waals surface area contributed by atoms with E-state index in [-0.39, 0.29) is 30.9 Å². The number of hydrogen-bond donors (Lipinski definition) is 2. The Balaban J connectivity index is 1.78. The van der Waals surface area contributed by atoms with Crippen molar-refractivity contribution in [1.82, 2.24) is 5.32 Å². The van der Waals surface area contributed by atoms with E-state index in [4.69, 9.17) is 4.74 Å². The molecule has 7 heteroatoms. The van der Waals surface area contributed by atoms with E-state index < -0.39 is 0 Å². The molecule has 114 valence electrons. The number of anilines is 1. The highest BCUT2D eigenvalue weighted by Crippen LogP contribution is 2.17. The number of amides is 1. The molecule has 1 heterocycles. The van der Waals surface area contributed by atoms with Crippen molar-refractivity contribution < 1.29 is 19.1 Å². The number of ether oxygens (including phenoxy) is 2. The average Bonchev–Trinajstić information content (AvgIpc) is 3.03. The van der Waals surface area contributed by atoms with Crippen molar-refractivity contribution in [2.24, 2.45) is 0 Å². The minimum absolute atomic E-state index is 0.0284. The summed E-state index contributed by atoms with van der Waals surface area (Å²) in [6.07, 6.45) is 0.208. The van der Waals surface area contributed by atoms with Crippen LogP contribution in [0.5, 0.6) is 5.75 Å². The lowest BCUT2D eigenvalue weighted by atomic mass is 10.2. The van der Waals surface area contributed by atoms with Crippen molar-refractivity contribution in [3.8, 4) is 5.75 Å². The van der Waals surface area contributed by atoms with Gasteiger partial charge in [0, 0.05) is 17.3 Å². The van der Waals surface area contributed by atoms with E-state index in [0.29, 0.717) is 5.75 Å². The first kappa shape index (κ1) is 15.7. The fourth-order valence-corrected chi connectivity index (χ4v) is 2.72. The molecule has 1 aromatic rings. The van der Waals surface area contributed by atoms with E-state index >= 15 is 0 Å². The maximum Gasteiger partial charge on any atom is 0.308 e. The van der Waals surface area contributed by atoms with Crippen LogP contribution < -0.4 is 15.4 Å². The number of thioether (sulfide) groups is 1. The maximum atomic E-state index is 11.9. The fourth-order valence-electron chi connectivity index (χ4n) is 1.78. The van der Waals surface area contributed by atoms with E-state index in [1.807, 2.05) is 0 Å². The topological polar surface area (TPSA) is 76.7 Å². The van der Waals surface area contributed by atoms with Crippen LogP contribution in [0.4, 0.5) is 5.69 Å². The number of nitrogens with one attached hydrogen (secondary N) is 2. The quantitative estimate of drug-likeness (QED) is 0.770. The Bertz CT molecular complexity index is 486. The lowest BCUT2D eigenvalue weighted by molar-refractivity contribution is -0.141. The van der Waals surface area contributed by atoms with Gasteiger partial charge in [-0.3, -0.25) is 14.9 Å². The standard InChI is InChI=1S/C14H18N2O4S/c1-19-13(17)6-7-20-11-4-2-10(3-5-11)16-14(18)12-8-21-9-15-12/h2-5,12,15H,6-9H2,1H3,(H,16,18). The number of carbonyl (C=O) groups is 2. The summed E-state index contributed by atoms with van der Waals surface area (Å²) >= 11 is 1.71. The van der Waals surface area contributed by atoms with Gasteiger partial charge in [-0.05, 0) is 24.3 Å². The van der Waals surface area contributed by atoms with Crippen LogP contribution in [0.25, 0.3) is 0 Å². The molecule has 1 aromatic carbocycles. The maximum absolute atomic E-state index is 11.9. The number of methoxy groups -OCH3 is 1. The van der Waals surface area contributed by atoms with Crippen LogP contribution in [-0.4, -0.2) is 43.3 Å². The van der Waals surface area contributed by atoms with Crippen LogP contribution >= 0.6 is 11.8 Å². The average molecular weight is 310 g/mol. The summed E-state index contributed by atoms with van der Waals surface area (Å²) in [4.78, 5) is 22.9. The van der Waals surface area contributed by atoms with Crippen molar-refractivity contribution in [3.63, 3.8) is 0 Å². The molecular weight excluding hydrogens is 292 g/mol. The molecule has 2 rings (SSSR count). The summed E-state index contributed by atoms with van der Waals surface area (Å²) < 4.78 is 9.93. The van der Waals surface area contributed by atoms with Crippen LogP contribution in [0.1, 0.15) is 6.42 Å². The van der Waals surface area contributed by atoms with Gasteiger partial charge in [0.2, 0.25) is 5.91 Å². The van der Waals surface area contributed by atoms with E-state index in [0.717, 1.165) is 17.3 Å². The van der Waals surface area contributed by atoms with Crippen molar-refractivity contribution in [1.29, 1.82) is 0 Å². The van der Waals surface area contributed by atoms with Gasteiger partial charge in [0.05, 0.1) is 26.2 Å². The summed E-state index contributed by atoms with van der Waals surface area (Å²) in [5.41, 5.74) is 0.721. The summed E-state index contributed by atoms with van der Waals surface area (Å²) in [5.74, 6) is 1.91. The van der Waals surface area contributed by atoms with Gasteiger partial charge in [-0.1, -0.05) is 0 Å². The summed E-state index contributed by atoms with van der Waals surface area (Å²) in [7, 11) is 1.34. The van der Waals surface area contributed by atoms with Gasteiger partial charge in [0.1, 0.15) is 5.75 Å². The van der Waals surface area contributed by atoms with Crippen LogP contribution in [0.2, 0.25) is 0 Å². The Hall–Kier alpha value is -1.73. The number of rotatable bonds is 6. The second-order valence-corrected chi connectivity index (χ2v) is 5.49. The highest BCUT2D eigenvalue weighted by atomic mass is 32.2. The summed E-state index contributed by atoms with van der Waals surface area (Å²) in [6, 6.07) is 6.92. The molecule has 1 fully saturated rings. The molecule has 2 N–H and O–H groups in total. The number of benzene rings is 1. The second kappa shape index (κ2) is 7.90. The predicted octanol–water partition coefficient (Wildman–Crippen LogP) is 1.23. The lowest BCUT2D eigenvalue weighted by Crippen LogP contribution is -2.37. The van der Waals surface area contributed by atoms with Gasteiger partial charge in [0.25, 0.3) is 0 Å². The number of hydrogen-bond acceptors (Lipinski definition) is 6. The molecule has 21 heavy (non-hydrogen) atoms. The first-order valence-electron chi connectivity index (χ1n) is 6.60. The Morgan fingerprint density at radius 1 is 1.38 bits per heavy atom. The third-order valence-corrected chi connectivity index (χ3v) is 3.90. The van der Waals surface area contributed by atoms with Crippen LogP contribution in [0, 0.1) is 0 Å². The zero-order valence-electron chi connectivity index (χ0n) is 11.8. The van der Waals surface area contributed by atoms with Crippen LogP contribution in [-0.2, 0) is 14.3 Å². The normalized spacial score (nSPS) is 17.3. The first-order chi connectivity index (χ1) is 10.2. The smallest absolute Gasteiger partial charge is 0.308 e. The van der Waals surface area contributed by atoms with Gasteiger partial charge in [0.15, 0.2) is 0 Å². The fraction of sp³-hybridized carbons (Fsp3) is 0.429. The minimum atomic E-state index is -0.305. The second-order valence-electron chi connectivity index (χ2n) is 4.46. The molecule has 0 radical (unpaired) electrons. The van der Waals surface area contributed by atoms with E-state index in [2.05, 4.69) is 15.4 Å². The minimum Gasteiger partial charge on any atom is -0.493 e. The molecule has 1 aliphatic heterocycles. The van der Waals surface area contributed by atoms with Crippen molar-refractivity contribution in [2.75, 3.05) is 30.7 Å². The monoisotopic (exact) mass is 310 g/mol. The first-order valence-corrected chi connectivity index (χ1v) is 7.76. The molecule has 0 aromatic heterocycles. The van der Waals surface area contributed by atoms with Crippen molar-refractivity contribution in [3.05, 3.63) is 24.3 Å². The third-order valence-electron chi connectivity index (χ3n) is 2.96. The largest absolute Gasteiger partial charge is 0.493 e. The molecule has 1 aliphatic rings. The Morgan fingerprint density at radius 3 is 2.76 bits per heavy atom. The molecule has 0 spiro atoms. The Labute approximate surface area is 127 Å². The van der Waals surface area contributed by atoms with Gasteiger partial charge >= 0.3 is 5.97 Å². The molecule has 1 amide bonds. The summed E-state index contributed by atoms with van der Waals surface area (Å²) in [6.45, 7) is 0.265. The van der Waals surface area contributed by atoms with Gasteiger partial charge in [-0.2, -0.15) is 0 Å². The number of carbonyl (C=O) groups excluding carboxylic acids is 2. The zero-order chi connectivity index (χ0) is 15.1. The summed E-state index contributed by atoms with van der Waals surface area (Å²) in [5, 5.41) is 5.96. The lowest BCUT2D eigenvalue weighted by Gasteiger charge is -2.11. The highest BCUT2D eigenvalue weighted by molar-refractivity contribution is 7.99. The molecule has 6 nitrogen and oxygen atoms in total. The van der Waals surface area contributed by atoms with Gasteiger partial charge < -0.3 is 14.8 Å². The third kappa shape index (κ3) is 4.95. The predicted molar refractivity (Wildman–Crippen MR) is 81.4 cm³/mol. The molecule has 1 atom stereocenters. The van der Waals surface area contributed by atoms with Gasteiger partial charge in [-0.25, -0.2) is 0 Å². The van der Waals surface area contributed by atoms with Gasteiger partial charge in [-0.15, -0.1) is 11.8 Å². The molecule has 0 saturated carbocycles. The molecule has 1 saturated heterocycles. The Morgan fingerprint density at radius 2 is 2.14 bits per heavy atom. The van der Waals surface area contributed by atoms with E-state index in [9.17, 15) is 9.59 Å². The number of esters is 1. The zero-order valence-corrected chi connectivity index (χ0v) is 12.6. The van der Waals surface area contributed by atoms with E-state index in [1.54, 1.807) is 36.0 Å². The molecule has 0 bridgehead atoms. The van der Waals surface area contributed by atoms with Crippen LogP contribution in [0.3, 0.4) is 0 Å². The molecule has 0 aliphatic carbocycles. The van der Waals surface area contributed by atoms with Crippen molar-refractivity contribution in [2.45, 2.75) is 12.5 Å². The molecular formula is C14H18N2O4S.